The summed E-state index contributed by atoms with van der Waals surface area (Å²) in [5.74, 6) is 0.489. The molecule has 1 saturated carbocycles. The maximum absolute atomic E-state index is 13.0. The Labute approximate surface area is 128 Å². The Hall–Kier alpha value is -1.51. The second kappa shape index (κ2) is 8.06. The molecule has 2 N–H and O–H groups in total. The van der Waals surface area contributed by atoms with Crippen LogP contribution >= 0.6 is 0 Å². The van der Waals surface area contributed by atoms with Crippen molar-refractivity contribution in [3.63, 3.8) is 0 Å². The lowest BCUT2D eigenvalue weighted by atomic mass is 9.90. The van der Waals surface area contributed by atoms with E-state index in [1.807, 2.05) is 29.2 Å². The molecule has 1 aliphatic carbocycles. The van der Waals surface area contributed by atoms with Crippen molar-refractivity contribution in [2.45, 2.75) is 58.3 Å². The maximum atomic E-state index is 13.0. The first-order chi connectivity index (χ1) is 10.2. The van der Waals surface area contributed by atoms with Gasteiger partial charge in [-0.15, -0.1) is 0 Å². The van der Waals surface area contributed by atoms with E-state index in [1.54, 1.807) is 0 Å². The predicted molar refractivity (Wildman–Crippen MR) is 89.3 cm³/mol. The van der Waals surface area contributed by atoms with Crippen molar-refractivity contribution in [3.05, 3.63) is 24.3 Å². The van der Waals surface area contributed by atoms with Gasteiger partial charge in [-0.3, -0.25) is 4.79 Å². The smallest absolute Gasteiger partial charge is 0.230 e. The molecular formula is C18H28N2O. The van der Waals surface area contributed by atoms with Gasteiger partial charge in [-0.2, -0.15) is 0 Å². The van der Waals surface area contributed by atoms with Gasteiger partial charge in [0.05, 0.1) is 0 Å². The standard InChI is InChI=1S/C18H28N2O/c1-2-13-20(17-12-8-11-16(19)14-17)18(21)15-9-6-4-3-5-7-10-15/h8,11-12,14-15H,2-7,9-10,13,19H2,1H3. The van der Waals surface area contributed by atoms with Crippen molar-refractivity contribution in [2.24, 2.45) is 5.92 Å². The fourth-order valence-corrected chi connectivity index (χ4v) is 3.21. The van der Waals surface area contributed by atoms with Crippen LogP contribution < -0.4 is 10.6 Å². The minimum atomic E-state index is 0.193. The molecule has 1 aromatic carbocycles. The summed E-state index contributed by atoms with van der Waals surface area (Å²) in [5.41, 5.74) is 7.55. The molecule has 116 valence electrons. The van der Waals surface area contributed by atoms with Crippen LogP contribution in [-0.4, -0.2) is 12.5 Å². The van der Waals surface area contributed by atoms with E-state index in [2.05, 4.69) is 6.92 Å². The molecule has 0 unspecified atom stereocenters. The largest absolute Gasteiger partial charge is 0.399 e. The van der Waals surface area contributed by atoms with Gasteiger partial charge in [-0.25, -0.2) is 0 Å². The minimum absolute atomic E-state index is 0.193. The second-order valence-corrected chi connectivity index (χ2v) is 6.13. The van der Waals surface area contributed by atoms with E-state index in [4.69, 9.17) is 5.73 Å². The normalized spacial score (nSPS) is 17.0. The zero-order chi connectivity index (χ0) is 15.1. The number of benzene rings is 1. The van der Waals surface area contributed by atoms with Crippen molar-refractivity contribution in [2.75, 3.05) is 17.2 Å². The van der Waals surface area contributed by atoms with E-state index in [0.717, 1.165) is 37.2 Å². The lowest BCUT2D eigenvalue weighted by Gasteiger charge is -2.28. The zero-order valence-electron chi connectivity index (χ0n) is 13.2. The molecule has 1 fully saturated rings. The number of hydrogen-bond donors (Lipinski definition) is 1. The Balaban J connectivity index is 2.14. The van der Waals surface area contributed by atoms with Crippen molar-refractivity contribution in [3.8, 4) is 0 Å². The summed E-state index contributed by atoms with van der Waals surface area (Å²) in [6.45, 7) is 2.89. The molecular weight excluding hydrogens is 260 g/mol. The summed E-state index contributed by atoms with van der Waals surface area (Å²) in [4.78, 5) is 14.9. The molecule has 3 heteroatoms. The number of rotatable bonds is 4. The first kappa shape index (κ1) is 15.9. The summed E-state index contributed by atoms with van der Waals surface area (Å²) in [5, 5.41) is 0. The molecule has 1 amide bonds. The van der Waals surface area contributed by atoms with E-state index in [9.17, 15) is 4.79 Å². The van der Waals surface area contributed by atoms with Crippen LogP contribution in [0.25, 0.3) is 0 Å². The Morgan fingerprint density at radius 2 is 1.86 bits per heavy atom. The maximum Gasteiger partial charge on any atom is 0.230 e. The van der Waals surface area contributed by atoms with Crippen LogP contribution in [-0.2, 0) is 4.79 Å². The number of anilines is 2. The van der Waals surface area contributed by atoms with Gasteiger partial charge in [0.2, 0.25) is 5.91 Å². The van der Waals surface area contributed by atoms with Gasteiger partial charge in [-0.1, -0.05) is 45.1 Å². The Morgan fingerprint density at radius 1 is 1.19 bits per heavy atom. The summed E-state index contributed by atoms with van der Waals surface area (Å²) < 4.78 is 0. The Bertz CT molecular complexity index is 450. The van der Waals surface area contributed by atoms with Gasteiger partial charge in [-0.05, 0) is 37.5 Å². The number of nitrogens with zero attached hydrogens (tertiary/aromatic N) is 1. The summed E-state index contributed by atoms with van der Waals surface area (Å²) >= 11 is 0. The van der Waals surface area contributed by atoms with Crippen molar-refractivity contribution < 1.29 is 4.79 Å². The van der Waals surface area contributed by atoms with Crippen molar-refractivity contribution >= 4 is 17.3 Å². The van der Waals surface area contributed by atoms with E-state index < -0.39 is 0 Å². The van der Waals surface area contributed by atoms with Crippen LogP contribution in [0.15, 0.2) is 24.3 Å². The number of hydrogen-bond acceptors (Lipinski definition) is 2. The molecule has 0 heterocycles. The fourth-order valence-electron chi connectivity index (χ4n) is 3.21. The zero-order valence-corrected chi connectivity index (χ0v) is 13.2. The number of nitrogen functional groups attached to an aromatic ring is 1. The molecule has 0 saturated heterocycles. The van der Waals surface area contributed by atoms with E-state index in [1.165, 1.54) is 32.1 Å². The van der Waals surface area contributed by atoms with E-state index in [0.29, 0.717) is 5.91 Å². The molecule has 21 heavy (non-hydrogen) atoms. The fraction of sp³-hybridized carbons (Fsp3) is 0.611. The Kier molecular flexibility index (Phi) is 6.09. The number of carbonyl (C=O) groups excluding carboxylic acids is 1. The van der Waals surface area contributed by atoms with Crippen LogP contribution in [0.2, 0.25) is 0 Å². The molecule has 1 aliphatic rings. The quantitative estimate of drug-likeness (QED) is 0.836. The first-order valence-electron chi connectivity index (χ1n) is 8.39. The van der Waals surface area contributed by atoms with Gasteiger partial charge in [0.15, 0.2) is 0 Å². The summed E-state index contributed by atoms with van der Waals surface area (Å²) in [6, 6.07) is 7.70. The monoisotopic (exact) mass is 288 g/mol. The van der Waals surface area contributed by atoms with Crippen LogP contribution in [0.1, 0.15) is 58.3 Å². The molecule has 0 bridgehead atoms. The number of carbonyl (C=O) groups is 1. The van der Waals surface area contributed by atoms with Gasteiger partial charge >= 0.3 is 0 Å². The van der Waals surface area contributed by atoms with Gasteiger partial charge in [0, 0.05) is 23.8 Å². The third kappa shape index (κ3) is 4.48. The lowest BCUT2D eigenvalue weighted by molar-refractivity contribution is -0.123. The first-order valence-corrected chi connectivity index (χ1v) is 8.39. The third-order valence-electron chi connectivity index (χ3n) is 4.35. The highest BCUT2D eigenvalue weighted by Crippen LogP contribution is 2.27. The second-order valence-electron chi connectivity index (χ2n) is 6.13. The van der Waals surface area contributed by atoms with Crippen LogP contribution in [0, 0.1) is 5.92 Å². The van der Waals surface area contributed by atoms with Gasteiger partial charge in [0.25, 0.3) is 0 Å². The molecule has 0 radical (unpaired) electrons. The number of nitrogens with two attached hydrogens (primary N) is 1. The van der Waals surface area contributed by atoms with Gasteiger partial charge in [0.1, 0.15) is 0 Å². The molecule has 0 spiro atoms. The highest BCUT2D eigenvalue weighted by atomic mass is 16.2. The SMILES string of the molecule is CCCN(C(=O)C1CCCCCCC1)c1cccc(N)c1. The summed E-state index contributed by atoms with van der Waals surface area (Å²) in [7, 11) is 0. The van der Waals surface area contributed by atoms with Crippen LogP contribution in [0.5, 0.6) is 0 Å². The summed E-state index contributed by atoms with van der Waals surface area (Å²) in [6.07, 6.45) is 9.30. The number of amides is 1. The van der Waals surface area contributed by atoms with E-state index >= 15 is 0 Å². The molecule has 0 aliphatic heterocycles. The molecule has 0 aromatic heterocycles. The molecule has 1 aromatic rings. The average Bonchev–Trinajstić information content (AvgIpc) is 2.44. The van der Waals surface area contributed by atoms with Gasteiger partial charge < -0.3 is 10.6 Å². The Morgan fingerprint density at radius 3 is 2.48 bits per heavy atom. The predicted octanol–water partition coefficient (Wildman–Crippen LogP) is 4.37. The third-order valence-corrected chi connectivity index (χ3v) is 4.35. The highest BCUT2D eigenvalue weighted by Gasteiger charge is 2.25. The highest BCUT2D eigenvalue weighted by molar-refractivity contribution is 5.95. The molecule has 2 rings (SSSR count). The van der Waals surface area contributed by atoms with Crippen LogP contribution in [0.4, 0.5) is 11.4 Å². The average molecular weight is 288 g/mol. The van der Waals surface area contributed by atoms with Crippen molar-refractivity contribution in [1.29, 1.82) is 0 Å². The van der Waals surface area contributed by atoms with Crippen molar-refractivity contribution in [1.82, 2.24) is 0 Å². The topological polar surface area (TPSA) is 46.3 Å². The molecule has 0 atom stereocenters. The molecule has 3 nitrogen and oxygen atoms in total. The van der Waals surface area contributed by atoms with Crippen LogP contribution in [0.3, 0.4) is 0 Å². The van der Waals surface area contributed by atoms with E-state index in [-0.39, 0.29) is 5.92 Å². The minimum Gasteiger partial charge on any atom is -0.399 e. The lowest BCUT2D eigenvalue weighted by Crippen LogP contribution is -2.37.